The third-order valence-corrected chi connectivity index (χ3v) is 11.7. The molecule has 3 atom stereocenters. The van der Waals surface area contributed by atoms with Crippen LogP contribution in [0.3, 0.4) is 0 Å². The summed E-state index contributed by atoms with van der Waals surface area (Å²) in [4.78, 5) is 40.1. The van der Waals surface area contributed by atoms with Crippen molar-refractivity contribution in [3.05, 3.63) is 29.8 Å². The van der Waals surface area contributed by atoms with Crippen LogP contribution < -0.4 is 0 Å². The summed E-state index contributed by atoms with van der Waals surface area (Å²) in [6, 6.07) is 0. The number of ether oxygens (including phenoxy) is 3. The molecular formula is C51H89NO6. The summed E-state index contributed by atoms with van der Waals surface area (Å²) in [5.41, 5.74) is 8.26. The number of esters is 3. The maximum atomic E-state index is 13.2. The van der Waals surface area contributed by atoms with Crippen molar-refractivity contribution in [2.45, 2.75) is 220 Å². The van der Waals surface area contributed by atoms with Crippen molar-refractivity contribution in [1.82, 2.24) is 4.90 Å². The fourth-order valence-electron chi connectivity index (χ4n) is 8.02. The number of allylic oxidation sites excluding steroid dienone is 1. The number of hydrogen-bond acceptors (Lipinski definition) is 7. The van der Waals surface area contributed by atoms with Gasteiger partial charge >= 0.3 is 17.9 Å². The Kier molecular flexibility index (Phi) is 36.8. The fraction of sp³-hybridized carbons (Fsp3) is 0.843. The predicted molar refractivity (Wildman–Crippen MR) is 241 cm³/mol. The van der Waals surface area contributed by atoms with Gasteiger partial charge < -0.3 is 19.1 Å². The Balaban J connectivity index is 2.21. The Hall–Kier alpha value is -2.55. The Bertz CT molecular complexity index is 1130. The zero-order valence-corrected chi connectivity index (χ0v) is 38.1. The van der Waals surface area contributed by atoms with Gasteiger partial charge in [-0.05, 0) is 94.7 Å². The van der Waals surface area contributed by atoms with E-state index in [-0.39, 0.29) is 29.7 Å². The van der Waals surface area contributed by atoms with E-state index < -0.39 is 0 Å². The highest BCUT2D eigenvalue weighted by Crippen LogP contribution is 2.22. The lowest BCUT2D eigenvalue weighted by atomic mass is 9.94. The lowest BCUT2D eigenvalue weighted by molar-refractivity contribution is -0.149. The molecule has 0 spiro atoms. The molecule has 0 N–H and O–H groups in total. The molecule has 1 fully saturated rings. The van der Waals surface area contributed by atoms with E-state index in [0.717, 1.165) is 90.0 Å². The van der Waals surface area contributed by atoms with E-state index in [1.807, 2.05) is 6.08 Å². The molecule has 0 saturated carbocycles. The maximum Gasteiger partial charge on any atom is 0.308 e. The van der Waals surface area contributed by atoms with Gasteiger partial charge in [0, 0.05) is 13.0 Å². The number of rotatable bonds is 40. The number of unbranched alkanes of at least 4 members (excludes halogenated alkanes) is 18. The van der Waals surface area contributed by atoms with E-state index in [1.54, 1.807) is 0 Å². The zero-order chi connectivity index (χ0) is 42.2. The van der Waals surface area contributed by atoms with Crippen LogP contribution in [0.4, 0.5) is 0 Å². The number of nitrogens with zero attached hydrogens (tertiary/aromatic N) is 1. The van der Waals surface area contributed by atoms with Gasteiger partial charge in [0.25, 0.3) is 0 Å². The van der Waals surface area contributed by atoms with Crippen LogP contribution in [0.15, 0.2) is 29.8 Å². The SMILES string of the molecule is C=C=C=C=CC(CCCCC)CC(=O)OCCCCCCCCCCC(CCCCCCCCCCOC(=O)CC(C)CCCCC)C(=O)OCCCN1CCCC1. The highest BCUT2D eigenvalue weighted by atomic mass is 16.5. The molecule has 1 rings (SSSR count). The summed E-state index contributed by atoms with van der Waals surface area (Å²) in [5, 5.41) is 0. The smallest absolute Gasteiger partial charge is 0.308 e. The van der Waals surface area contributed by atoms with Crippen LogP contribution in [-0.4, -0.2) is 62.3 Å². The van der Waals surface area contributed by atoms with Gasteiger partial charge in [-0.15, -0.1) is 0 Å². The van der Waals surface area contributed by atoms with Gasteiger partial charge in [-0.3, -0.25) is 14.4 Å². The van der Waals surface area contributed by atoms with Crippen LogP contribution in [0, 0.1) is 17.8 Å². The van der Waals surface area contributed by atoms with Crippen LogP contribution in [0.1, 0.15) is 220 Å². The van der Waals surface area contributed by atoms with E-state index in [2.05, 4.69) is 49.4 Å². The van der Waals surface area contributed by atoms with Gasteiger partial charge in [-0.2, -0.15) is 0 Å². The van der Waals surface area contributed by atoms with Crippen LogP contribution in [0.25, 0.3) is 0 Å². The molecule has 1 aliphatic heterocycles. The second-order valence-electron chi connectivity index (χ2n) is 17.3. The lowest BCUT2D eigenvalue weighted by Gasteiger charge is -2.18. The molecule has 0 aromatic rings. The number of carbonyl (C=O) groups excluding carboxylic acids is 3. The lowest BCUT2D eigenvalue weighted by Crippen LogP contribution is -2.23. The predicted octanol–water partition coefficient (Wildman–Crippen LogP) is 13.6. The Morgan fingerprint density at radius 2 is 1.05 bits per heavy atom. The van der Waals surface area contributed by atoms with Gasteiger partial charge in [-0.1, -0.05) is 167 Å². The molecule has 0 aromatic carbocycles. The Labute approximate surface area is 357 Å². The van der Waals surface area contributed by atoms with Crippen LogP contribution in [0.2, 0.25) is 0 Å². The van der Waals surface area contributed by atoms with E-state index in [1.165, 1.54) is 116 Å². The van der Waals surface area contributed by atoms with Gasteiger partial charge in [-0.25, -0.2) is 0 Å². The van der Waals surface area contributed by atoms with E-state index >= 15 is 0 Å². The molecule has 0 amide bonds. The first-order valence-electron chi connectivity index (χ1n) is 24.5. The monoisotopic (exact) mass is 812 g/mol. The molecule has 7 heteroatoms. The van der Waals surface area contributed by atoms with Crippen molar-refractivity contribution in [3.8, 4) is 0 Å². The number of hydrogen-bond donors (Lipinski definition) is 0. The third-order valence-electron chi connectivity index (χ3n) is 11.7. The minimum atomic E-state index is -0.122. The minimum Gasteiger partial charge on any atom is -0.466 e. The van der Waals surface area contributed by atoms with Crippen molar-refractivity contribution in [2.75, 3.05) is 39.5 Å². The Morgan fingerprint density at radius 3 is 1.59 bits per heavy atom. The largest absolute Gasteiger partial charge is 0.466 e. The first-order chi connectivity index (χ1) is 28.4. The van der Waals surface area contributed by atoms with Crippen LogP contribution in [0.5, 0.6) is 0 Å². The highest BCUT2D eigenvalue weighted by Gasteiger charge is 2.20. The average molecular weight is 812 g/mol. The number of likely N-dealkylation sites (tertiary alicyclic amines) is 1. The standard InChI is InChI=1S/C51H89NO6/c1-5-8-23-33-46(4)44-49(53)56-41-30-21-17-13-11-15-19-26-36-48(51(55)58-43-32-40-52-38-28-29-39-52)37-27-20-16-12-14-18-22-31-42-57-50(54)45-47(34-24-9-6-2)35-25-10-7-3/h34,46-48H,2,5,7-8,10-23,25-33,35-45H2,1,3-4H3. The van der Waals surface area contributed by atoms with Crippen LogP contribution in [-0.2, 0) is 28.6 Å². The maximum absolute atomic E-state index is 13.2. The molecule has 58 heavy (non-hydrogen) atoms. The minimum absolute atomic E-state index is 0.0268. The zero-order valence-electron chi connectivity index (χ0n) is 38.1. The van der Waals surface area contributed by atoms with Gasteiger partial charge in [0.05, 0.1) is 32.2 Å². The molecule has 334 valence electrons. The first-order valence-corrected chi connectivity index (χ1v) is 24.5. The molecule has 0 bridgehead atoms. The molecule has 1 heterocycles. The molecule has 7 nitrogen and oxygen atoms in total. The first kappa shape index (κ1) is 53.5. The van der Waals surface area contributed by atoms with Crippen molar-refractivity contribution in [2.24, 2.45) is 17.8 Å². The van der Waals surface area contributed by atoms with E-state index in [9.17, 15) is 14.4 Å². The quantitative estimate of drug-likeness (QED) is 0.0264. The summed E-state index contributed by atoms with van der Waals surface area (Å²) in [6.45, 7) is 15.1. The van der Waals surface area contributed by atoms with Crippen molar-refractivity contribution in [3.63, 3.8) is 0 Å². The average Bonchev–Trinajstić information content (AvgIpc) is 3.73. The molecule has 1 aliphatic rings. The molecule has 0 aromatic heterocycles. The topological polar surface area (TPSA) is 82.1 Å². The number of carbonyl (C=O) groups is 3. The normalized spacial score (nSPS) is 14.2. The second-order valence-corrected chi connectivity index (χ2v) is 17.3. The second kappa shape index (κ2) is 39.9. The van der Waals surface area contributed by atoms with E-state index in [0.29, 0.717) is 38.6 Å². The summed E-state index contributed by atoms with van der Waals surface area (Å²) in [5.74, 6) is 0.455. The highest BCUT2D eigenvalue weighted by molar-refractivity contribution is 5.72. The summed E-state index contributed by atoms with van der Waals surface area (Å²) < 4.78 is 16.9. The molecule has 3 unspecified atom stereocenters. The van der Waals surface area contributed by atoms with E-state index in [4.69, 9.17) is 14.2 Å². The summed E-state index contributed by atoms with van der Waals surface area (Å²) >= 11 is 0. The molecule has 1 saturated heterocycles. The summed E-state index contributed by atoms with van der Waals surface area (Å²) in [7, 11) is 0. The van der Waals surface area contributed by atoms with Crippen LogP contribution >= 0.6 is 0 Å². The van der Waals surface area contributed by atoms with Crippen molar-refractivity contribution < 1.29 is 28.6 Å². The van der Waals surface area contributed by atoms with Crippen molar-refractivity contribution >= 4 is 17.9 Å². The third kappa shape index (κ3) is 33.3. The molecule has 0 aliphatic carbocycles. The van der Waals surface area contributed by atoms with Gasteiger partial charge in [0.1, 0.15) is 0 Å². The summed E-state index contributed by atoms with van der Waals surface area (Å²) in [6.07, 6.45) is 35.7. The molecular weight excluding hydrogens is 723 g/mol. The molecule has 0 radical (unpaired) electrons. The van der Waals surface area contributed by atoms with Gasteiger partial charge in [0.15, 0.2) is 0 Å². The van der Waals surface area contributed by atoms with Crippen molar-refractivity contribution in [1.29, 1.82) is 0 Å². The Morgan fingerprint density at radius 1 is 0.586 bits per heavy atom. The fourth-order valence-corrected chi connectivity index (χ4v) is 8.02. The van der Waals surface area contributed by atoms with Gasteiger partial charge in [0.2, 0.25) is 0 Å².